The summed E-state index contributed by atoms with van der Waals surface area (Å²) in [6.45, 7) is 4.44. The van der Waals surface area contributed by atoms with E-state index in [1.807, 2.05) is 31.2 Å². The molecule has 1 atom stereocenters. The number of nitrogens with one attached hydrogen (secondary N) is 1. The number of hydrogen-bond donors (Lipinski definition) is 1. The Morgan fingerprint density at radius 1 is 1.05 bits per heavy atom. The second-order valence-corrected chi connectivity index (χ2v) is 4.87. The first-order valence-corrected chi connectivity index (χ1v) is 7.05. The molecule has 0 bridgehead atoms. The highest BCUT2D eigenvalue weighted by atomic mass is 19.1. The maximum Gasteiger partial charge on any atom is 0.131 e. The van der Waals surface area contributed by atoms with Crippen molar-refractivity contribution in [3.8, 4) is 5.75 Å². The fourth-order valence-electron chi connectivity index (χ4n) is 2.11. The summed E-state index contributed by atoms with van der Waals surface area (Å²) in [5, 5.41) is 3.09. The van der Waals surface area contributed by atoms with Crippen molar-refractivity contribution < 1.29 is 13.5 Å². The number of halogens is 2. The molecule has 2 nitrogen and oxygen atoms in total. The Balaban J connectivity index is 2.07. The van der Waals surface area contributed by atoms with E-state index in [0.29, 0.717) is 6.61 Å². The second kappa shape index (κ2) is 7.07. The molecule has 1 N–H and O–H groups in total. The molecule has 2 rings (SSSR count). The van der Waals surface area contributed by atoms with E-state index in [9.17, 15) is 8.78 Å². The quantitative estimate of drug-likeness (QED) is 0.815. The van der Waals surface area contributed by atoms with E-state index in [0.717, 1.165) is 17.9 Å². The molecule has 0 amide bonds. The first-order valence-electron chi connectivity index (χ1n) is 7.05. The van der Waals surface area contributed by atoms with Crippen LogP contribution in [0, 0.1) is 11.6 Å². The molecule has 1 unspecified atom stereocenters. The molecule has 0 fully saturated rings. The summed E-state index contributed by atoms with van der Waals surface area (Å²) >= 11 is 0. The van der Waals surface area contributed by atoms with Gasteiger partial charge in [-0.05, 0) is 49.7 Å². The van der Waals surface area contributed by atoms with E-state index >= 15 is 0 Å². The fraction of sp³-hybridized carbons (Fsp3) is 0.294. The Morgan fingerprint density at radius 3 is 2.24 bits per heavy atom. The topological polar surface area (TPSA) is 21.3 Å². The fourth-order valence-corrected chi connectivity index (χ4v) is 2.11. The van der Waals surface area contributed by atoms with Crippen LogP contribution < -0.4 is 10.1 Å². The Hall–Kier alpha value is -2.10. The molecule has 0 saturated carbocycles. The van der Waals surface area contributed by atoms with Gasteiger partial charge in [-0.25, -0.2) is 8.78 Å². The molecule has 0 aliphatic heterocycles. The molecule has 2 aromatic rings. The third kappa shape index (κ3) is 3.94. The van der Waals surface area contributed by atoms with E-state index in [4.69, 9.17) is 4.74 Å². The summed E-state index contributed by atoms with van der Waals surface area (Å²) in [5.74, 6) is -0.303. The minimum absolute atomic E-state index is 0.0452. The number of ether oxygens (including phenoxy) is 1. The van der Waals surface area contributed by atoms with E-state index < -0.39 is 17.7 Å². The Kier molecular flexibility index (Phi) is 5.14. The van der Waals surface area contributed by atoms with E-state index in [-0.39, 0.29) is 5.56 Å². The normalized spacial score (nSPS) is 12.0. The Morgan fingerprint density at radius 2 is 1.67 bits per heavy atom. The number of rotatable bonds is 6. The van der Waals surface area contributed by atoms with E-state index in [1.54, 1.807) is 6.92 Å². The summed E-state index contributed by atoms with van der Waals surface area (Å²) in [4.78, 5) is 0. The van der Waals surface area contributed by atoms with Gasteiger partial charge in [-0.15, -0.1) is 0 Å². The van der Waals surface area contributed by atoms with Gasteiger partial charge in [-0.2, -0.15) is 0 Å². The Labute approximate surface area is 123 Å². The van der Waals surface area contributed by atoms with Crippen molar-refractivity contribution in [3.05, 3.63) is 59.7 Å². The zero-order chi connectivity index (χ0) is 15.2. The van der Waals surface area contributed by atoms with Crippen molar-refractivity contribution in [2.75, 3.05) is 11.9 Å². The van der Waals surface area contributed by atoms with Gasteiger partial charge in [0.1, 0.15) is 17.4 Å². The minimum atomic E-state index is -0.544. The average Bonchev–Trinajstić information content (AvgIpc) is 2.46. The summed E-state index contributed by atoms with van der Waals surface area (Å²) in [5.41, 5.74) is 0.831. The zero-order valence-electron chi connectivity index (χ0n) is 12.2. The molecule has 0 spiro atoms. The van der Waals surface area contributed by atoms with Gasteiger partial charge in [0, 0.05) is 11.3 Å². The molecule has 0 aliphatic carbocycles. The predicted molar refractivity (Wildman–Crippen MR) is 80.6 cm³/mol. The van der Waals surface area contributed by atoms with Crippen LogP contribution in [-0.4, -0.2) is 6.61 Å². The first-order chi connectivity index (χ1) is 10.1. The van der Waals surface area contributed by atoms with Crippen LogP contribution in [0.2, 0.25) is 0 Å². The highest BCUT2D eigenvalue weighted by Crippen LogP contribution is 2.25. The molecule has 2 aromatic carbocycles. The molecular formula is C17H19F2NO. The molecule has 0 saturated heterocycles. The Bertz CT molecular complexity index is 564. The van der Waals surface area contributed by atoms with Gasteiger partial charge in [0.15, 0.2) is 0 Å². The molecule has 0 aliphatic rings. The van der Waals surface area contributed by atoms with Gasteiger partial charge in [0.05, 0.1) is 12.6 Å². The summed E-state index contributed by atoms with van der Waals surface area (Å²) < 4.78 is 32.9. The maximum absolute atomic E-state index is 13.7. The van der Waals surface area contributed by atoms with Crippen LogP contribution in [0.4, 0.5) is 14.5 Å². The highest BCUT2D eigenvalue weighted by Gasteiger charge is 2.15. The van der Waals surface area contributed by atoms with Gasteiger partial charge in [0.25, 0.3) is 0 Å². The zero-order valence-corrected chi connectivity index (χ0v) is 12.2. The van der Waals surface area contributed by atoms with Crippen LogP contribution >= 0.6 is 0 Å². The number of benzene rings is 2. The third-order valence-corrected chi connectivity index (χ3v) is 3.14. The van der Waals surface area contributed by atoms with Crippen molar-refractivity contribution in [1.82, 2.24) is 0 Å². The van der Waals surface area contributed by atoms with Crippen LogP contribution in [0.15, 0.2) is 42.5 Å². The van der Waals surface area contributed by atoms with Crippen LogP contribution in [0.3, 0.4) is 0 Å². The van der Waals surface area contributed by atoms with Gasteiger partial charge in [0.2, 0.25) is 0 Å². The molecule has 4 heteroatoms. The number of anilines is 1. The van der Waals surface area contributed by atoms with Crippen LogP contribution in [0.25, 0.3) is 0 Å². The smallest absolute Gasteiger partial charge is 0.131 e. The lowest BCUT2D eigenvalue weighted by Crippen LogP contribution is -2.10. The highest BCUT2D eigenvalue weighted by molar-refractivity contribution is 5.48. The lowest BCUT2D eigenvalue weighted by Gasteiger charge is -2.17. The van der Waals surface area contributed by atoms with Crippen molar-refractivity contribution in [2.24, 2.45) is 0 Å². The molecular weight excluding hydrogens is 272 g/mol. The standard InChI is InChI=1S/C17H19F2NO/c1-3-11-21-14-9-7-13(8-10-14)20-12(2)17-15(18)5-4-6-16(17)19/h4-10,12,20H,3,11H2,1-2H3. The SMILES string of the molecule is CCCOc1ccc(NC(C)c2c(F)cccc2F)cc1. The average molecular weight is 291 g/mol. The van der Waals surface area contributed by atoms with E-state index in [2.05, 4.69) is 5.32 Å². The molecule has 21 heavy (non-hydrogen) atoms. The van der Waals surface area contributed by atoms with Crippen molar-refractivity contribution in [2.45, 2.75) is 26.3 Å². The van der Waals surface area contributed by atoms with Gasteiger partial charge in [-0.1, -0.05) is 13.0 Å². The van der Waals surface area contributed by atoms with Gasteiger partial charge < -0.3 is 10.1 Å². The van der Waals surface area contributed by atoms with Gasteiger partial charge in [-0.3, -0.25) is 0 Å². The van der Waals surface area contributed by atoms with E-state index in [1.165, 1.54) is 18.2 Å². The van der Waals surface area contributed by atoms with Gasteiger partial charge >= 0.3 is 0 Å². The summed E-state index contributed by atoms with van der Waals surface area (Å²) in [6, 6.07) is 10.8. The number of hydrogen-bond acceptors (Lipinski definition) is 2. The summed E-state index contributed by atoms with van der Waals surface area (Å²) in [7, 11) is 0. The third-order valence-electron chi connectivity index (χ3n) is 3.14. The molecule has 112 valence electrons. The van der Waals surface area contributed by atoms with Crippen LogP contribution in [-0.2, 0) is 0 Å². The molecule has 0 heterocycles. The first kappa shape index (κ1) is 15.3. The molecule has 0 radical (unpaired) electrons. The van der Waals surface area contributed by atoms with Crippen LogP contribution in [0.5, 0.6) is 5.75 Å². The summed E-state index contributed by atoms with van der Waals surface area (Å²) in [6.07, 6.45) is 0.948. The minimum Gasteiger partial charge on any atom is -0.494 e. The monoisotopic (exact) mass is 291 g/mol. The molecule has 0 aromatic heterocycles. The van der Waals surface area contributed by atoms with Crippen molar-refractivity contribution in [1.29, 1.82) is 0 Å². The van der Waals surface area contributed by atoms with Crippen LogP contribution in [0.1, 0.15) is 31.9 Å². The largest absolute Gasteiger partial charge is 0.494 e. The maximum atomic E-state index is 13.7. The lowest BCUT2D eigenvalue weighted by molar-refractivity contribution is 0.317. The lowest BCUT2D eigenvalue weighted by atomic mass is 10.1. The van der Waals surface area contributed by atoms with Crippen molar-refractivity contribution >= 4 is 5.69 Å². The predicted octanol–water partition coefficient (Wildman–Crippen LogP) is 4.93. The second-order valence-electron chi connectivity index (χ2n) is 4.87. The van der Waals surface area contributed by atoms with Crippen molar-refractivity contribution in [3.63, 3.8) is 0 Å².